The van der Waals surface area contributed by atoms with E-state index in [2.05, 4.69) is 5.32 Å². The van der Waals surface area contributed by atoms with Gasteiger partial charge in [-0.2, -0.15) is 0 Å². The molecule has 0 radical (unpaired) electrons. The number of carbonyl (C=O) groups excluding carboxylic acids is 1. The predicted octanol–water partition coefficient (Wildman–Crippen LogP) is 4.95. The van der Waals surface area contributed by atoms with Crippen LogP contribution in [0.1, 0.15) is 11.1 Å². The van der Waals surface area contributed by atoms with E-state index in [0.29, 0.717) is 21.2 Å². The van der Waals surface area contributed by atoms with Gasteiger partial charge in [0.1, 0.15) is 17.3 Å². The third-order valence-corrected chi connectivity index (χ3v) is 5.12. The van der Waals surface area contributed by atoms with Crippen LogP contribution in [0.3, 0.4) is 0 Å². The van der Waals surface area contributed by atoms with Crippen molar-refractivity contribution in [2.75, 3.05) is 0 Å². The molecule has 0 aromatic heterocycles. The molecule has 2 aromatic rings. The minimum atomic E-state index is -0.497. The molecule has 1 N–H and O–H groups in total. The number of hydrogen-bond donors (Lipinski definition) is 1. The van der Waals surface area contributed by atoms with Crippen molar-refractivity contribution >= 4 is 57.6 Å². The number of nitro groups is 1. The van der Waals surface area contributed by atoms with Crippen LogP contribution < -0.4 is 10.1 Å². The Morgan fingerprint density at radius 3 is 2.73 bits per heavy atom. The topological polar surface area (TPSA) is 81.5 Å². The largest absolute Gasteiger partial charge is 0.488 e. The summed E-state index contributed by atoms with van der Waals surface area (Å²) in [5.74, 6) is 0.422. The Kier molecular flexibility index (Phi) is 5.55. The monoisotopic (exact) mass is 406 g/mol. The summed E-state index contributed by atoms with van der Waals surface area (Å²) >= 11 is 12.1. The number of thiocarbonyl (C=S) groups is 1. The van der Waals surface area contributed by atoms with Crippen molar-refractivity contribution in [1.29, 1.82) is 0 Å². The van der Waals surface area contributed by atoms with E-state index < -0.39 is 4.92 Å². The molecule has 132 valence electrons. The molecule has 0 spiro atoms. The summed E-state index contributed by atoms with van der Waals surface area (Å²) in [5.41, 5.74) is 1.15. The van der Waals surface area contributed by atoms with Gasteiger partial charge in [-0.3, -0.25) is 14.9 Å². The van der Waals surface area contributed by atoms with E-state index in [9.17, 15) is 14.9 Å². The van der Waals surface area contributed by atoms with Crippen molar-refractivity contribution < 1.29 is 14.5 Å². The molecule has 9 heteroatoms. The van der Waals surface area contributed by atoms with E-state index in [1.807, 2.05) is 18.2 Å². The number of carbonyl (C=O) groups is 1. The highest BCUT2D eigenvalue weighted by Gasteiger charge is 2.22. The van der Waals surface area contributed by atoms with Gasteiger partial charge in [-0.05, 0) is 30.0 Å². The number of ether oxygens (including phenoxy) is 1. The predicted molar refractivity (Wildman–Crippen MR) is 106 cm³/mol. The molecule has 1 aliphatic rings. The van der Waals surface area contributed by atoms with Crippen LogP contribution >= 0.6 is 35.6 Å². The summed E-state index contributed by atoms with van der Waals surface area (Å²) in [5, 5.41) is 13.9. The summed E-state index contributed by atoms with van der Waals surface area (Å²) in [4.78, 5) is 22.8. The molecule has 0 bridgehead atoms. The van der Waals surface area contributed by atoms with Gasteiger partial charge in [0.15, 0.2) is 0 Å². The first-order chi connectivity index (χ1) is 12.4. The highest BCUT2D eigenvalue weighted by atomic mass is 35.5. The lowest BCUT2D eigenvalue weighted by atomic mass is 10.1. The number of nitro benzene ring substituents is 1. The maximum atomic E-state index is 11.4. The smallest absolute Gasteiger partial charge is 0.289 e. The first-order valence-corrected chi connectivity index (χ1v) is 8.94. The van der Waals surface area contributed by atoms with Gasteiger partial charge in [0, 0.05) is 28.3 Å². The molecule has 0 unspecified atom stereocenters. The summed E-state index contributed by atoms with van der Waals surface area (Å²) in [7, 11) is 0. The molecule has 1 heterocycles. The third-order valence-electron chi connectivity index (χ3n) is 3.47. The zero-order chi connectivity index (χ0) is 18.7. The lowest BCUT2D eigenvalue weighted by Gasteiger charge is -2.11. The quantitative estimate of drug-likeness (QED) is 0.327. The van der Waals surface area contributed by atoms with E-state index in [1.165, 1.54) is 18.2 Å². The molecule has 6 nitrogen and oxygen atoms in total. The lowest BCUT2D eigenvalue weighted by Crippen LogP contribution is -2.15. The van der Waals surface area contributed by atoms with Crippen molar-refractivity contribution in [3.8, 4) is 5.75 Å². The molecule has 0 saturated carbocycles. The molecule has 1 fully saturated rings. The third kappa shape index (κ3) is 4.21. The summed E-state index contributed by atoms with van der Waals surface area (Å²) in [6, 6.07) is 11.5. The highest BCUT2D eigenvalue weighted by molar-refractivity contribution is 8.19. The molecular formula is C17H11ClN2O4S2. The second-order valence-corrected chi connectivity index (χ2v) is 7.04. The molecule has 2 aromatic carbocycles. The van der Waals surface area contributed by atoms with Gasteiger partial charge in [0.2, 0.25) is 0 Å². The number of thioether (sulfide) groups is 1. The summed E-state index contributed by atoms with van der Waals surface area (Å²) in [6.45, 7) is 0.197. The number of hydrogen-bond acceptors (Lipinski definition) is 6. The maximum Gasteiger partial charge on any atom is 0.289 e. The minimum Gasteiger partial charge on any atom is -0.488 e. The number of amides is 1. The van der Waals surface area contributed by atoms with Gasteiger partial charge in [-0.15, -0.1) is 0 Å². The fourth-order valence-electron chi connectivity index (χ4n) is 2.23. The van der Waals surface area contributed by atoms with Crippen molar-refractivity contribution in [2.24, 2.45) is 0 Å². The van der Waals surface area contributed by atoms with E-state index >= 15 is 0 Å². The van der Waals surface area contributed by atoms with Gasteiger partial charge >= 0.3 is 0 Å². The van der Waals surface area contributed by atoms with Gasteiger partial charge in [0.05, 0.1) is 9.83 Å². The standard InChI is InChI=1S/C17H11ClN2O4S2/c18-13-4-2-1-3-10(13)9-24-14-6-5-12(20(22)23)7-11(14)8-15-16(25)19-17(21)26-15/h1-8H,9H2,(H,19,21,25)/b15-8-. The molecular weight excluding hydrogens is 396 g/mol. The number of nitrogens with zero attached hydrogens (tertiary/aromatic N) is 1. The van der Waals surface area contributed by atoms with Gasteiger partial charge in [-0.1, -0.05) is 42.0 Å². The maximum absolute atomic E-state index is 11.4. The van der Waals surface area contributed by atoms with E-state index in [4.69, 9.17) is 28.6 Å². The minimum absolute atomic E-state index is 0.0878. The van der Waals surface area contributed by atoms with Crippen LogP contribution in [0.4, 0.5) is 10.5 Å². The Balaban J connectivity index is 1.93. The van der Waals surface area contributed by atoms with Crippen molar-refractivity contribution in [3.63, 3.8) is 0 Å². The highest BCUT2D eigenvalue weighted by Crippen LogP contribution is 2.32. The van der Waals surface area contributed by atoms with Crippen molar-refractivity contribution in [2.45, 2.75) is 6.61 Å². The van der Waals surface area contributed by atoms with Crippen LogP contribution in [-0.4, -0.2) is 15.2 Å². The molecule has 1 amide bonds. The Hall–Kier alpha value is -2.42. The SMILES string of the molecule is O=C1NC(=S)/C(=C/c2cc([N+](=O)[O-])ccc2OCc2ccccc2Cl)S1. The van der Waals surface area contributed by atoms with Crippen LogP contribution in [0.5, 0.6) is 5.75 Å². The Morgan fingerprint density at radius 1 is 1.31 bits per heavy atom. The van der Waals surface area contributed by atoms with E-state index in [0.717, 1.165) is 17.3 Å². The normalized spacial score (nSPS) is 15.2. The number of halogens is 1. The molecule has 3 rings (SSSR count). The molecule has 0 atom stereocenters. The van der Waals surface area contributed by atoms with E-state index in [-0.39, 0.29) is 22.5 Å². The fraction of sp³-hybridized carbons (Fsp3) is 0.0588. The zero-order valence-corrected chi connectivity index (χ0v) is 15.5. The first-order valence-electron chi connectivity index (χ1n) is 7.33. The molecule has 0 aliphatic carbocycles. The van der Waals surface area contributed by atoms with E-state index in [1.54, 1.807) is 12.1 Å². The lowest BCUT2D eigenvalue weighted by molar-refractivity contribution is -0.384. The summed E-state index contributed by atoms with van der Waals surface area (Å²) < 4.78 is 5.80. The second-order valence-electron chi connectivity index (χ2n) is 5.21. The number of nitrogens with one attached hydrogen (secondary N) is 1. The first kappa shape index (κ1) is 18.4. The number of non-ortho nitro benzene ring substituents is 1. The van der Waals surface area contributed by atoms with Gasteiger partial charge in [-0.25, -0.2) is 0 Å². The Bertz CT molecular complexity index is 946. The van der Waals surface area contributed by atoms with Gasteiger partial charge in [0.25, 0.3) is 10.9 Å². The van der Waals surface area contributed by atoms with Gasteiger partial charge < -0.3 is 10.1 Å². The van der Waals surface area contributed by atoms with Crippen LogP contribution in [0.15, 0.2) is 47.4 Å². The van der Waals surface area contributed by atoms with Crippen molar-refractivity contribution in [1.82, 2.24) is 5.32 Å². The molecule has 26 heavy (non-hydrogen) atoms. The van der Waals surface area contributed by atoms with Crippen molar-refractivity contribution in [3.05, 3.63) is 73.6 Å². The molecule has 1 saturated heterocycles. The van der Waals surface area contributed by atoms with Crippen LogP contribution in [-0.2, 0) is 6.61 Å². The number of rotatable bonds is 5. The number of benzene rings is 2. The molecule has 1 aliphatic heterocycles. The summed E-state index contributed by atoms with van der Waals surface area (Å²) in [6.07, 6.45) is 1.60. The average Bonchev–Trinajstić information content (AvgIpc) is 2.92. The van der Waals surface area contributed by atoms with Crippen LogP contribution in [0.25, 0.3) is 6.08 Å². The Labute approximate surface area is 163 Å². The van der Waals surface area contributed by atoms with Crippen LogP contribution in [0, 0.1) is 10.1 Å². The van der Waals surface area contributed by atoms with Crippen LogP contribution in [0.2, 0.25) is 5.02 Å². The zero-order valence-electron chi connectivity index (χ0n) is 13.1. The second kappa shape index (κ2) is 7.86. The Morgan fingerprint density at radius 2 is 2.08 bits per heavy atom. The fourth-order valence-corrected chi connectivity index (χ4v) is 3.44. The average molecular weight is 407 g/mol.